The average molecular weight is 299 g/mol. The molecule has 1 aromatic carbocycles. The molecule has 0 saturated carbocycles. The number of hydrogen-bond acceptors (Lipinski definition) is 3. The van der Waals surface area contributed by atoms with Gasteiger partial charge in [0.2, 0.25) is 0 Å². The Morgan fingerprint density at radius 2 is 2.35 bits per heavy atom. The topological polar surface area (TPSA) is 55.6 Å². The fourth-order valence-corrected chi connectivity index (χ4v) is 2.40. The quantitative estimate of drug-likeness (QED) is 0.899. The third kappa shape index (κ3) is 2.68. The van der Waals surface area contributed by atoms with E-state index in [2.05, 4.69) is 15.9 Å². The van der Waals surface area contributed by atoms with Crippen LogP contribution in [0.1, 0.15) is 5.56 Å². The Labute approximate surface area is 109 Å². The zero-order valence-electron chi connectivity index (χ0n) is 9.65. The van der Waals surface area contributed by atoms with Gasteiger partial charge in [-0.1, -0.05) is 15.9 Å². The minimum Gasteiger partial charge on any atom is -0.365 e. The van der Waals surface area contributed by atoms with Crippen LogP contribution in [0.3, 0.4) is 0 Å². The van der Waals surface area contributed by atoms with Gasteiger partial charge in [-0.05, 0) is 30.7 Å². The number of carbonyl (C=O) groups is 1. The Kier molecular flexibility index (Phi) is 3.81. The number of anilines is 1. The van der Waals surface area contributed by atoms with Crippen LogP contribution in [0.4, 0.5) is 5.69 Å². The SMILES string of the molecule is Cc1cc(Br)ccc1N1CC(CN)OCC1=O. The van der Waals surface area contributed by atoms with E-state index in [-0.39, 0.29) is 18.6 Å². The third-order valence-corrected chi connectivity index (χ3v) is 3.34. The monoisotopic (exact) mass is 298 g/mol. The molecule has 1 aromatic rings. The number of nitrogens with two attached hydrogens (primary N) is 1. The molecule has 4 nitrogen and oxygen atoms in total. The number of rotatable bonds is 2. The molecule has 0 bridgehead atoms. The van der Waals surface area contributed by atoms with Crippen LogP contribution in [0.25, 0.3) is 0 Å². The second-order valence-electron chi connectivity index (χ2n) is 4.10. The van der Waals surface area contributed by atoms with Gasteiger partial charge >= 0.3 is 0 Å². The van der Waals surface area contributed by atoms with Gasteiger partial charge < -0.3 is 15.4 Å². The number of halogens is 1. The van der Waals surface area contributed by atoms with E-state index < -0.39 is 0 Å². The van der Waals surface area contributed by atoms with Gasteiger partial charge in [-0.15, -0.1) is 0 Å². The van der Waals surface area contributed by atoms with Gasteiger partial charge in [-0.2, -0.15) is 0 Å². The molecule has 1 unspecified atom stereocenters. The minimum atomic E-state index is -0.0734. The summed E-state index contributed by atoms with van der Waals surface area (Å²) >= 11 is 3.41. The maximum atomic E-state index is 11.8. The first-order valence-corrected chi connectivity index (χ1v) is 6.29. The highest BCUT2D eigenvalue weighted by Gasteiger charge is 2.27. The summed E-state index contributed by atoms with van der Waals surface area (Å²) in [5.74, 6) is -0.0138. The van der Waals surface area contributed by atoms with Crippen LogP contribution < -0.4 is 10.6 Å². The number of benzene rings is 1. The number of morpholine rings is 1. The predicted molar refractivity (Wildman–Crippen MR) is 70.0 cm³/mol. The molecule has 5 heteroatoms. The van der Waals surface area contributed by atoms with Gasteiger partial charge in [0.25, 0.3) is 5.91 Å². The highest BCUT2D eigenvalue weighted by molar-refractivity contribution is 9.10. The summed E-state index contributed by atoms with van der Waals surface area (Å²) in [5, 5.41) is 0. The molecule has 0 radical (unpaired) electrons. The van der Waals surface area contributed by atoms with Gasteiger partial charge in [0.15, 0.2) is 0 Å². The predicted octanol–water partition coefficient (Wildman–Crippen LogP) is 1.45. The Bertz CT molecular complexity index is 437. The van der Waals surface area contributed by atoms with E-state index in [1.807, 2.05) is 25.1 Å². The Morgan fingerprint density at radius 1 is 1.59 bits per heavy atom. The van der Waals surface area contributed by atoms with Crippen molar-refractivity contribution in [2.24, 2.45) is 5.73 Å². The van der Waals surface area contributed by atoms with Crippen molar-refractivity contribution in [3.8, 4) is 0 Å². The molecule has 0 aliphatic carbocycles. The van der Waals surface area contributed by atoms with Gasteiger partial charge in [0, 0.05) is 16.7 Å². The van der Waals surface area contributed by atoms with Crippen LogP contribution in [0.15, 0.2) is 22.7 Å². The van der Waals surface area contributed by atoms with Gasteiger partial charge in [0.05, 0.1) is 12.6 Å². The molecule has 2 rings (SSSR count). The molecule has 1 amide bonds. The summed E-state index contributed by atoms with van der Waals surface area (Å²) in [7, 11) is 0. The van der Waals surface area contributed by atoms with E-state index in [0.29, 0.717) is 13.1 Å². The highest BCUT2D eigenvalue weighted by Crippen LogP contribution is 2.25. The lowest BCUT2D eigenvalue weighted by molar-refractivity contribution is -0.128. The van der Waals surface area contributed by atoms with Crippen molar-refractivity contribution in [1.29, 1.82) is 0 Å². The first kappa shape index (κ1) is 12.5. The molecule has 17 heavy (non-hydrogen) atoms. The van der Waals surface area contributed by atoms with Crippen molar-refractivity contribution in [3.63, 3.8) is 0 Å². The van der Waals surface area contributed by atoms with E-state index in [0.717, 1.165) is 15.7 Å². The van der Waals surface area contributed by atoms with Crippen molar-refractivity contribution >= 4 is 27.5 Å². The largest absolute Gasteiger partial charge is 0.365 e. The Hall–Kier alpha value is -0.910. The van der Waals surface area contributed by atoms with E-state index in [1.165, 1.54) is 0 Å². The molecule has 1 aliphatic heterocycles. The first-order valence-electron chi connectivity index (χ1n) is 5.50. The molecule has 0 aromatic heterocycles. The van der Waals surface area contributed by atoms with Crippen LogP contribution in [0, 0.1) is 6.92 Å². The van der Waals surface area contributed by atoms with Crippen LogP contribution >= 0.6 is 15.9 Å². The second-order valence-corrected chi connectivity index (χ2v) is 5.02. The molecule has 1 saturated heterocycles. The first-order chi connectivity index (χ1) is 8.11. The number of nitrogens with zero attached hydrogens (tertiary/aromatic N) is 1. The summed E-state index contributed by atoms with van der Waals surface area (Å²) in [6.07, 6.45) is -0.0734. The smallest absolute Gasteiger partial charge is 0.253 e. The van der Waals surface area contributed by atoms with Crippen LogP contribution in [-0.2, 0) is 9.53 Å². The summed E-state index contributed by atoms with van der Waals surface area (Å²) in [5.41, 5.74) is 7.57. The van der Waals surface area contributed by atoms with Crippen molar-refractivity contribution < 1.29 is 9.53 Å². The normalized spacial score (nSPS) is 20.8. The lowest BCUT2D eigenvalue weighted by atomic mass is 10.1. The van der Waals surface area contributed by atoms with Crippen LogP contribution in [0.2, 0.25) is 0 Å². The Balaban J connectivity index is 2.27. The maximum Gasteiger partial charge on any atom is 0.253 e. The van der Waals surface area contributed by atoms with Crippen LogP contribution in [-0.4, -0.2) is 31.7 Å². The van der Waals surface area contributed by atoms with Crippen molar-refractivity contribution in [3.05, 3.63) is 28.2 Å². The van der Waals surface area contributed by atoms with Crippen molar-refractivity contribution in [1.82, 2.24) is 0 Å². The second kappa shape index (κ2) is 5.16. The maximum absolute atomic E-state index is 11.8. The summed E-state index contributed by atoms with van der Waals surface area (Å²) in [4.78, 5) is 13.6. The summed E-state index contributed by atoms with van der Waals surface area (Å²) in [6.45, 7) is 3.05. The molecule has 92 valence electrons. The molecule has 1 heterocycles. The molecule has 0 spiro atoms. The fraction of sp³-hybridized carbons (Fsp3) is 0.417. The summed E-state index contributed by atoms with van der Waals surface area (Å²) < 4.78 is 6.34. The molecular weight excluding hydrogens is 284 g/mol. The molecule has 1 fully saturated rings. The molecule has 1 atom stereocenters. The molecule has 2 N–H and O–H groups in total. The zero-order valence-corrected chi connectivity index (χ0v) is 11.2. The fourth-order valence-electron chi connectivity index (χ4n) is 1.92. The zero-order chi connectivity index (χ0) is 12.4. The van der Waals surface area contributed by atoms with Crippen molar-refractivity contribution in [2.45, 2.75) is 13.0 Å². The summed E-state index contributed by atoms with van der Waals surface area (Å²) in [6, 6.07) is 5.87. The van der Waals surface area contributed by atoms with E-state index in [4.69, 9.17) is 10.5 Å². The van der Waals surface area contributed by atoms with Gasteiger partial charge in [0.1, 0.15) is 6.61 Å². The van der Waals surface area contributed by atoms with Crippen LogP contribution in [0.5, 0.6) is 0 Å². The minimum absolute atomic E-state index is 0.0138. The molecular formula is C12H15BrN2O2. The van der Waals surface area contributed by atoms with Gasteiger partial charge in [-0.3, -0.25) is 4.79 Å². The van der Waals surface area contributed by atoms with E-state index in [9.17, 15) is 4.79 Å². The lowest BCUT2D eigenvalue weighted by Gasteiger charge is -2.33. The van der Waals surface area contributed by atoms with E-state index in [1.54, 1.807) is 4.90 Å². The number of aryl methyl sites for hydroxylation is 1. The Morgan fingerprint density at radius 3 is 3.00 bits per heavy atom. The van der Waals surface area contributed by atoms with Crippen molar-refractivity contribution in [2.75, 3.05) is 24.6 Å². The standard InChI is InChI=1S/C12H15BrN2O2/c1-8-4-9(13)2-3-11(8)15-6-10(5-14)17-7-12(15)16/h2-4,10H,5-7,14H2,1H3. The average Bonchev–Trinajstić information content (AvgIpc) is 2.30. The number of amides is 1. The number of ether oxygens (including phenoxy) is 1. The highest BCUT2D eigenvalue weighted by atomic mass is 79.9. The number of hydrogen-bond donors (Lipinski definition) is 1. The lowest BCUT2D eigenvalue weighted by Crippen LogP contribution is -2.49. The molecule has 1 aliphatic rings. The third-order valence-electron chi connectivity index (χ3n) is 2.84. The number of carbonyl (C=O) groups excluding carboxylic acids is 1. The van der Waals surface area contributed by atoms with E-state index >= 15 is 0 Å². The van der Waals surface area contributed by atoms with Gasteiger partial charge in [-0.25, -0.2) is 0 Å².